The van der Waals surface area contributed by atoms with Crippen LogP contribution in [0.2, 0.25) is 0 Å². The molecule has 0 aliphatic rings. The summed E-state index contributed by atoms with van der Waals surface area (Å²) in [5.41, 5.74) is 3.26. The molecule has 1 aromatic carbocycles. The molecule has 9 nitrogen and oxygen atoms in total. The molecule has 0 spiro atoms. The first-order chi connectivity index (χ1) is 16.6. The third kappa shape index (κ3) is 6.41. The van der Waals surface area contributed by atoms with Crippen LogP contribution in [-0.4, -0.2) is 59.8 Å². The number of hydrogen-bond acceptors (Lipinski definition) is 8. The van der Waals surface area contributed by atoms with Crippen LogP contribution in [0.15, 0.2) is 48.9 Å². The van der Waals surface area contributed by atoms with Crippen molar-refractivity contribution in [2.24, 2.45) is 0 Å². The number of aliphatic hydroxyl groups excluding tert-OH is 1. The number of carbonyl (C=O) groups excluding carboxylic acids is 1. The molecule has 1 amide bonds. The predicted octanol–water partition coefficient (Wildman–Crippen LogP) is 3.31. The van der Waals surface area contributed by atoms with Crippen LogP contribution in [-0.2, 0) is 0 Å². The Morgan fingerprint density at radius 1 is 1.09 bits per heavy atom. The van der Waals surface area contributed by atoms with Gasteiger partial charge in [0.05, 0.1) is 12.8 Å². The molecule has 1 atom stereocenters. The number of aliphatic hydroxyl groups is 1. The van der Waals surface area contributed by atoms with Gasteiger partial charge in [0.1, 0.15) is 23.7 Å². The molecule has 0 saturated heterocycles. The number of anilines is 2. The van der Waals surface area contributed by atoms with Gasteiger partial charge in [-0.3, -0.25) is 4.79 Å². The van der Waals surface area contributed by atoms with Gasteiger partial charge in [-0.2, -0.15) is 0 Å². The lowest BCUT2D eigenvalue weighted by molar-refractivity contribution is 0.0962. The molecule has 9 heteroatoms. The molecular weight excluding hydrogens is 432 g/mol. The lowest BCUT2D eigenvalue weighted by Crippen LogP contribution is -2.18. The number of nitrogens with one attached hydrogen (secondary N) is 3. The Morgan fingerprint density at radius 3 is 2.62 bits per heavy atom. The number of ether oxygens (including phenoxy) is 1. The van der Waals surface area contributed by atoms with Crippen LogP contribution in [0.5, 0.6) is 5.75 Å². The number of pyridine rings is 1. The van der Waals surface area contributed by atoms with Crippen LogP contribution in [0.3, 0.4) is 0 Å². The highest BCUT2D eigenvalue weighted by Gasteiger charge is 2.17. The zero-order valence-corrected chi connectivity index (χ0v) is 19.8. The Labute approximate surface area is 200 Å². The summed E-state index contributed by atoms with van der Waals surface area (Å²) in [5, 5.41) is 18.1. The molecule has 0 fully saturated rings. The first-order valence-corrected chi connectivity index (χ1v) is 11.4. The maximum Gasteiger partial charge on any atom is 0.251 e. The van der Waals surface area contributed by atoms with E-state index < -0.39 is 0 Å². The van der Waals surface area contributed by atoms with Gasteiger partial charge in [-0.25, -0.2) is 15.0 Å². The van der Waals surface area contributed by atoms with E-state index in [9.17, 15) is 4.79 Å². The van der Waals surface area contributed by atoms with Crippen molar-refractivity contribution in [3.8, 4) is 17.0 Å². The standard InChI is InChI=1S/C25H32N6O3/c1-4-17(20-8-6-18(25(33)26-2)12-22(20)34-3)14-29-24-13-21(30-16-31-24)19-7-9-23(28-15-19)27-10-5-11-32/h6-9,12-13,15-17,32H,4-5,10-11,14H2,1-3H3,(H,26,33)(H,27,28)(H,29,30,31). The van der Waals surface area contributed by atoms with Crippen molar-refractivity contribution in [3.05, 3.63) is 60.0 Å². The second kappa shape index (κ2) is 12.5. The molecule has 180 valence electrons. The number of amides is 1. The number of hydrogen-bond donors (Lipinski definition) is 4. The largest absolute Gasteiger partial charge is 0.496 e. The quantitative estimate of drug-likeness (QED) is 0.301. The molecule has 34 heavy (non-hydrogen) atoms. The first kappa shape index (κ1) is 24.9. The molecule has 3 aromatic rings. The Morgan fingerprint density at radius 2 is 1.94 bits per heavy atom. The molecule has 2 heterocycles. The molecule has 3 rings (SSSR count). The van der Waals surface area contributed by atoms with Crippen LogP contribution in [0.4, 0.5) is 11.6 Å². The number of aromatic nitrogens is 3. The average molecular weight is 465 g/mol. The third-order valence-corrected chi connectivity index (χ3v) is 5.55. The normalized spacial score (nSPS) is 11.5. The van der Waals surface area contributed by atoms with E-state index in [1.165, 1.54) is 6.33 Å². The predicted molar refractivity (Wildman–Crippen MR) is 133 cm³/mol. The van der Waals surface area contributed by atoms with Gasteiger partial charge in [0.15, 0.2) is 0 Å². The van der Waals surface area contributed by atoms with Crippen LogP contribution < -0.4 is 20.7 Å². The Hall–Kier alpha value is -3.72. The fourth-order valence-corrected chi connectivity index (χ4v) is 3.59. The van der Waals surface area contributed by atoms with Crippen molar-refractivity contribution >= 4 is 17.5 Å². The second-order valence-electron chi connectivity index (χ2n) is 7.75. The lowest BCUT2D eigenvalue weighted by Gasteiger charge is -2.20. The zero-order valence-electron chi connectivity index (χ0n) is 19.8. The minimum atomic E-state index is -0.145. The van der Waals surface area contributed by atoms with Crippen LogP contribution in [0.25, 0.3) is 11.3 Å². The van der Waals surface area contributed by atoms with Crippen LogP contribution in [0, 0.1) is 0 Å². The van der Waals surface area contributed by atoms with E-state index in [2.05, 4.69) is 37.8 Å². The Balaban J connectivity index is 1.69. The van der Waals surface area contributed by atoms with E-state index >= 15 is 0 Å². The van der Waals surface area contributed by atoms with Crippen LogP contribution in [0.1, 0.15) is 41.6 Å². The number of benzene rings is 1. The monoisotopic (exact) mass is 464 g/mol. The van der Waals surface area contributed by atoms with Crippen molar-refractivity contribution in [3.63, 3.8) is 0 Å². The molecule has 0 radical (unpaired) electrons. The zero-order chi connectivity index (χ0) is 24.3. The lowest BCUT2D eigenvalue weighted by atomic mass is 9.94. The van der Waals surface area contributed by atoms with Crippen molar-refractivity contribution < 1.29 is 14.6 Å². The highest BCUT2D eigenvalue weighted by Crippen LogP contribution is 2.30. The van der Waals surface area contributed by atoms with Crippen molar-refractivity contribution in [2.45, 2.75) is 25.7 Å². The van der Waals surface area contributed by atoms with E-state index in [1.54, 1.807) is 26.4 Å². The fraction of sp³-hybridized carbons (Fsp3) is 0.360. The molecular formula is C25H32N6O3. The van der Waals surface area contributed by atoms with Gasteiger partial charge >= 0.3 is 0 Å². The second-order valence-corrected chi connectivity index (χ2v) is 7.75. The minimum Gasteiger partial charge on any atom is -0.496 e. The summed E-state index contributed by atoms with van der Waals surface area (Å²) in [6.07, 6.45) is 4.86. The van der Waals surface area contributed by atoms with E-state index in [4.69, 9.17) is 9.84 Å². The third-order valence-electron chi connectivity index (χ3n) is 5.55. The minimum absolute atomic E-state index is 0.145. The average Bonchev–Trinajstić information content (AvgIpc) is 2.89. The van der Waals surface area contributed by atoms with E-state index in [1.807, 2.05) is 30.3 Å². The molecule has 4 N–H and O–H groups in total. The number of nitrogens with zero attached hydrogens (tertiary/aromatic N) is 3. The molecule has 1 unspecified atom stereocenters. The number of carbonyl (C=O) groups is 1. The highest BCUT2D eigenvalue weighted by molar-refractivity contribution is 5.94. The van der Waals surface area contributed by atoms with Crippen LogP contribution >= 0.6 is 0 Å². The van der Waals surface area contributed by atoms with E-state index in [0.717, 1.165) is 34.9 Å². The van der Waals surface area contributed by atoms with Gasteiger partial charge in [0.25, 0.3) is 5.91 Å². The summed E-state index contributed by atoms with van der Waals surface area (Å²) in [5.74, 6) is 2.18. The SMILES string of the molecule is CCC(CNc1cc(-c2ccc(NCCCO)nc2)ncn1)c1ccc(C(=O)NC)cc1OC. The smallest absolute Gasteiger partial charge is 0.251 e. The summed E-state index contributed by atoms with van der Waals surface area (Å²) < 4.78 is 5.58. The van der Waals surface area contributed by atoms with E-state index in [0.29, 0.717) is 30.8 Å². The molecule has 2 aromatic heterocycles. The van der Waals surface area contributed by atoms with Gasteiger partial charge in [-0.05, 0) is 42.7 Å². The maximum absolute atomic E-state index is 12.0. The summed E-state index contributed by atoms with van der Waals surface area (Å²) in [7, 11) is 3.23. The number of rotatable bonds is 12. The van der Waals surface area contributed by atoms with Gasteiger partial charge in [0, 0.05) is 56.1 Å². The summed E-state index contributed by atoms with van der Waals surface area (Å²) in [4.78, 5) is 25.1. The van der Waals surface area contributed by atoms with E-state index in [-0.39, 0.29) is 18.4 Å². The summed E-state index contributed by atoms with van der Waals surface area (Å²) in [6, 6.07) is 11.3. The maximum atomic E-state index is 12.0. The summed E-state index contributed by atoms with van der Waals surface area (Å²) in [6.45, 7) is 3.58. The molecule has 0 aliphatic carbocycles. The Bertz CT molecular complexity index is 1070. The van der Waals surface area contributed by atoms with Crippen molar-refractivity contribution in [1.29, 1.82) is 0 Å². The highest BCUT2D eigenvalue weighted by atomic mass is 16.5. The van der Waals surface area contributed by atoms with Crippen molar-refractivity contribution in [2.75, 3.05) is 44.5 Å². The first-order valence-electron chi connectivity index (χ1n) is 11.4. The Kier molecular flexibility index (Phi) is 9.16. The fourth-order valence-electron chi connectivity index (χ4n) is 3.59. The topological polar surface area (TPSA) is 121 Å². The van der Waals surface area contributed by atoms with Gasteiger partial charge in [-0.15, -0.1) is 0 Å². The number of methoxy groups -OCH3 is 1. The molecule has 0 bridgehead atoms. The van der Waals surface area contributed by atoms with Gasteiger partial charge < -0.3 is 25.8 Å². The van der Waals surface area contributed by atoms with Crippen molar-refractivity contribution in [1.82, 2.24) is 20.3 Å². The van der Waals surface area contributed by atoms with Gasteiger partial charge in [-0.1, -0.05) is 13.0 Å². The van der Waals surface area contributed by atoms with Gasteiger partial charge in [0.2, 0.25) is 0 Å². The molecule has 0 saturated carbocycles. The summed E-state index contributed by atoms with van der Waals surface area (Å²) >= 11 is 0. The molecule has 0 aliphatic heterocycles.